The number of benzene rings is 1. The monoisotopic (exact) mass is 337 g/mol. The predicted molar refractivity (Wildman–Crippen MR) is 83.2 cm³/mol. The van der Waals surface area contributed by atoms with Gasteiger partial charge in [0.15, 0.2) is 15.5 Å². The minimum absolute atomic E-state index is 0.0743. The Morgan fingerprint density at radius 3 is 2.82 bits per heavy atom. The number of hydrogen-bond donors (Lipinski definition) is 1. The van der Waals surface area contributed by atoms with Crippen LogP contribution in [0.1, 0.15) is 6.42 Å². The molecule has 0 saturated carbocycles. The summed E-state index contributed by atoms with van der Waals surface area (Å²) in [6, 6.07) is 6.86. The van der Waals surface area contributed by atoms with Crippen molar-refractivity contribution in [1.82, 2.24) is 4.57 Å². The van der Waals surface area contributed by atoms with Crippen LogP contribution < -0.4 is 15.0 Å². The van der Waals surface area contributed by atoms with Crippen molar-refractivity contribution in [1.29, 1.82) is 0 Å². The number of carboxylic acid groups (broad SMARTS) is 1. The van der Waals surface area contributed by atoms with Crippen molar-refractivity contribution in [2.75, 3.05) is 6.79 Å². The zero-order valence-electron chi connectivity index (χ0n) is 11.3. The van der Waals surface area contributed by atoms with Crippen LogP contribution in [-0.2, 0) is 11.3 Å². The fourth-order valence-corrected chi connectivity index (χ4v) is 3.39. The van der Waals surface area contributed by atoms with Crippen LogP contribution in [0.25, 0.3) is 10.4 Å². The summed E-state index contributed by atoms with van der Waals surface area (Å²) in [7, 11) is 0. The Labute approximate surface area is 134 Å². The molecule has 0 fully saturated rings. The first-order valence-corrected chi connectivity index (χ1v) is 7.64. The SMILES string of the molecule is O=C(O)CCn1c(=O)cc(-c2ccc3c(c2)OCO3)sc1=S. The molecule has 1 aliphatic rings. The van der Waals surface area contributed by atoms with Crippen LogP contribution in [0.5, 0.6) is 11.5 Å². The molecule has 0 radical (unpaired) electrons. The zero-order valence-corrected chi connectivity index (χ0v) is 12.9. The average molecular weight is 337 g/mol. The zero-order chi connectivity index (χ0) is 15.7. The molecule has 6 nitrogen and oxygen atoms in total. The maximum absolute atomic E-state index is 12.1. The van der Waals surface area contributed by atoms with Crippen molar-refractivity contribution in [3.05, 3.63) is 38.6 Å². The second kappa shape index (κ2) is 5.90. The first-order chi connectivity index (χ1) is 10.5. The normalized spacial score (nSPS) is 12.4. The molecular formula is C14H11NO5S2. The highest BCUT2D eigenvalue weighted by Crippen LogP contribution is 2.36. The highest BCUT2D eigenvalue weighted by atomic mass is 32.1. The lowest BCUT2D eigenvalue weighted by molar-refractivity contribution is -0.137. The Hall–Kier alpha value is -2.19. The smallest absolute Gasteiger partial charge is 0.305 e. The number of fused-ring (bicyclic) bond motifs is 1. The Morgan fingerprint density at radius 2 is 2.09 bits per heavy atom. The van der Waals surface area contributed by atoms with E-state index in [2.05, 4.69) is 0 Å². The van der Waals surface area contributed by atoms with Crippen LogP contribution >= 0.6 is 23.6 Å². The molecule has 8 heteroatoms. The molecule has 2 heterocycles. The largest absolute Gasteiger partial charge is 0.481 e. The summed E-state index contributed by atoms with van der Waals surface area (Å²) in [5.74, 6) is 0.332. The van der Waals surface area contributed by atoms with Gasteiger partial charge >= 0.3 is 5.97 Å². The quantitative estimate of drug-likeness (QED) is 0.864. The molecule has 1 aromatic heterocycles. The van der Waals surface area contributed by atoms with Gasteiger partial charge in [0.1, 0.15) is 0 Å². The number of aliphatic carboxylic acids is 1. The summed E-state index contributed by atoms with van der Waals surface area (Å²) in [5.41, 5.74) is 0.500. The van der Waals surface area contributed by atoms with Gasteiger partial charge in [-0.2, -0.15) is 0 Å². The Kier molecular flexibility index (Phi) is 3.95. The lowest BCUT2D eigenvalue weighted by Gasteiger charge is -2.06. The highest BCUT2D eigenvalue weighted by Gasteiger charge is 2.15. The molecule has 3 rings (SSSR count). The van der Waals surface area contributed by atoms with Crippen LogP contribution in [0.3, 0.4) is 0 Å². The second-order valence-electron chi connectivity index (χ2n) is 4.58. The fourth-order valence-electron chi connectivity index (χ4n) is 2.06. The summed E-state index contributed by atoms with van der Waals surface area (Å²) in [6.07, 6.45) is -0.139. The molecule has 114 valence electrons. The summed E-state index contributed by atoms with van der Waals surface area (Å²) in [4.78, 5) is 23.5. The number of carbonyl (C=O) groups is 1. The van der Waals surface area contributed by atoms with Gasteiger partial charge in [0.25, 0.3) is 5.56 Å². The Bertz CT molecular complexity index is 824. The molecule has 0 saturated heterocycles. The van der Waals surface area contributed by atoms with E-state index < -0.39 is 5.97 Å². The van der Waals surface area contributed by atoms with Crippen molar-refractivity contribution in [3.8, 4) is 21.9 Å². The third-order valence-electron chi connectivity index (χ3n) is 3.14. The summed E-state index contributed by atoms with van der Waals surface area (Å²) >= 11 is 6.47. The van der Waals surface area contributed by atoms with Gasteiger partial charge in [-0.1, -0.05) is 0 Å². The van der Waals surface area contributed by atoms with E-state index >= 15 is 0 Å². The molecule has 0 unspecified atom stereocenters. The van der Waals surface area contributed by atoms with Crippen LogP contribution in [0.4, 0.5) is 0 Å². The molecule has 2 aromatic rings. The van der Waals surface area contributed by atoms with E-state index in [0.29, 0.717) is 20.3 Å². The maximum atomic E-state index is 12.1. The number of carboxylic acids is 1. The van der Waals surface area contributed by atoms with Gasteiger partial charge in [0.05, 0.1) is 6.42 Å². The van der Waals surface area contributed by atoms with Crippen molar-refractivity contribution in [3.63, 3.8) is 0 Å². The number of nitrogens with zero attached hydrogens (tertiary/aromatic N) is 1. The van der Waals surface area contributed by atoms with Gasteiger partial charge in [-0.05, 0) is 36.0 Å². The molecule has 1 aromatic carbocycles. The van der Waals surface area contributed by atoms with E-state index in [1.54, 1.807) is 12.1 Å². The van der Waals surface area contributed by atoms with Crippen molar-refractivity contribution < 1.29 is 19.4 Å². The number of aromatic nitrogens is 1. The highest BCUT2D eigenvalue weighted by molar-refractivity contribution is 7.73. The molecule has 0 atom stereocenters. The van der Waals surface area contributed by atoms with E-state index in [0.717, 1.165) is 5.56 Å². The van der Waals surface area contributed by atoms with Crippen LogP contribution in [-0.4, -0.2) is 22.4 Å². The lowest BCUT2D eigenvalue weighted by atomic mass is 10.2. The average Bonchev–Trinajstić information content (AvgIpc) is 2.93. The fraction of sp³-hybridized carbons (Fsp3) is 0.214. The van der Waals surface area contributed by atoms with Gasteiger partial charge in [0.2, 0.25) is 6.79 Å². The minimum atomic E-state index is -0.967. The molecule has 0 spiro atoms. The van der Waals surface area contributed by atoms with Gasteiger partial charge in [-0.3, -0.25) is 14.2 Å². The van der Waals surface area contributed by atoms with E-state index in [1.165, 1.54) is 22.0 Å². The molecular weight excluding hydrogens is 326 g/mol. The predicted octanol–water partition coefficient (Wildman–Crippen LogP) is 2.51. The molecule has 1 aliphatic heterocycles. The van der Waals surface area contributed by atoms with E-state index in [9.17, 15) is 9.59 Å². The minimum Gasteiger partial charge on any atom is -0.481 e. The van der Waals surface area contributed by atoms with Crippen molar-refractivity contribution in [2.45, 2.75) is 13.0 Å². The third-order valence-corrected chi connectivity index (χ3v) is 4.58. The molecule has 0 bridgehead atoms. The Balaban J connectivity index is 1.97. The van der Waals surface area contributed by atoms with E-state index in [1.807, 2.05) is 6.07 Å². The van der Waals surface area contributed by atoms with Crippen LogP contribution in [0.2, 0.25) is 0 Å². The van der Waals surface area contributed by atoms with Crippen LogP contribution in [0, 0.1) is 3.95 Å². The summed E-state index contributed by atoms with van der Waals surface area (Å²) in [5, 5.41) is 8.71. The summed E-state index contributed by atoms with van der Waals surface area (Å²) < 4.78 is 12.2. The lowest BCUT2D eigenvalue weighted by Crippen LogP contribution is -2.20. The van der Waals surface area contributed by atoms with Crippen molar-refractivity contribution in [2.24, 2.45) is 0 Å². The first kappa shape index (κ1) is 14.7. The molecule has 1 N–H and O–H groups in total. The van der Waals surface area contributed by atoms with Crippen molar-refractivity contribution >= 4 is 29.5 Å². The van der Waals surface area contributed by atoms with Gasteiger partial charge in [-0.15, -0.1) is 11.3 Å². The maximum Gasteiger partial charge on any atom is 0.305 e. The molecule has 22 heavy (non-hydrogen) atoms. The Morgan fingerprint density at radius 1 is 1.32 bits per heavy atom. The molecule has 0 amide bonds. The van der Waals surface area contributed by atoms with E-state index in [-0.39, 0.29) is 25.3 Å². The number of ether oxygens (including phenoxy) is 2. The summed E-state index contributed by atoms with van der Waals surface area (Å²) in [6.45, 7) is 0.260. The van der Waals surface area contributed by atoms with Gasteiger partial charge in [-0.25, -0.2) is 0 Å². The second-order valence-corrected chi connectivity index (χ2v) is 6.25. The van der Waals surface area contributed by atoms with Crippen LogP contribution in [0.15, 0.2) is 29.1 Å². The third kappa shape index (κ3) is 2.88. The molecule has 0 aliphatic carbocycles. The number of hydrogen-bond acceptors (Lipinski definition) is 6. The van der Waals surface area contributed by atoms with Gasteiger partial charge < -0.3 is 14.6 Å². The van der Waals surface area contributed by atoms with Gasteiger partial charge in [0, 0.05) is 17.5 Å². The standard InChI is InChI=1S/C14H11NO5S2/c16-12-6-11(22-14(21)15(12)4-3-13(17)18)8-1-2-9-10(5-8)20-7-19-9/h1-2,5-6H,3-4,7H2,(H,17,18). The topological polar surface area (TPSA) is 77.8 Å². The first-order valence-electron chi connectivity index (χ1n) is 6.41. The van der Waals surface area contributed by atoms with E-state index in [4.69, 9.17) is 26.8 Å². The number of rotatable bonds is 4.